The van der Waals surface area contributed by atoms with Crippen molar-refractivity contribution in [3.8, 4) is 5.69 Å². The van der Waals surface area contributed by atoms with Gasteiger partial charge < -0.3 is 15.2 Å². The van der Waals surface area contributed by atoms with Gasteiger partial charge in [-0.25, -0.2) is 9.37 Å². The fourth-order valence-corrected chi connectivity index (χ4v) is 3.38. The molecule has 0 spiro atoms. The van der Waals surface area contributed by atoms with Gasteiger partial charge in [0.05, 0.1) is 12.0 Å². The van der Waals surface area contributed by atoms with Crippen LogP contribution in [0.2, 0.25) is 0 Å². The van der Waals surface area contributed by atoms with Gasteiger partial charge in [0.2, 0.25) is 0 Å². The van der Waals surface area contributed by atoms with Crippen molar-refractivity contribution in [2.24, 2.45) is 4.99 Å². The predicted octanol–water partition coefficient (Wildman–Crippen LogP) is 3.54. The molecule has 0 bridgehead atoms. The van der Waals surface area contributed by atoms with Crippen LogP contribution in [0.3, 0.4) is 0 Å². The summed E-state index contributed by atoms with van der Waals surface area (Å²) in [4.78, 5) is 8.17. The minimum absolute atomic E-state index is 0.281. The van der Waals surface area contributed by atoms with Crippen molar-refractivity contribution in [1.29, 1.82) is 0 Å². The number of rotatable bonds is 6. The predicted molar refractivity (Wildman–Crippen MR) is 104 cm³/mol. The summed E-state index contributed by atoms with van der Waals surface area (Å²) in [6, 6.07) is 7.32. The van der Waals surface area contributed by atoms with E-state index in [-0.39, 0.29) is 5.82 Å². The van der Waals surface area contributed by atoms with Crippen LogP contribution in [0.1, 0.15) is 24.0 Å². The standard InChI is InChI=1S/C19H22FN5S/c1-14(16-5-8-26-12-16)10-23-19(21-2)24-11-15-3-4-18(17(20)9-15)25-7-6-22-13-25/h3-9,12-14H,10-11H2,1-2H3,(H2,21,23,24). The zero-order valence-electron chi connectivity index (χ0n) is 14.8. The Labute approximate surface area is 156 Å². The Kier molecular flexibility index (Phi) is 6.01. The van der Waals surface area contributed by atoms with Crippen LogP contribution in [-0.4, -0.2) is 29.1 Å². The van der Waals surface area contributed by atoms with Crippen molar-refractivity contribution >= 4 is 17.3 Å². The maximum absolute atomic E-state index is 14.3. The molecular formula is C19H22FN5S. The van der Waals surface area contributed by atoms with E-state index in [0.717, 1.165) is 12.1 Å². The highest BCUT2D eigenvalue weighted by atomic mass is 32.1. The number of aliphatic imine (C=N–C) groups is 1. The van der Waals surface area contributed by atoms with E-state index in [1.165, 1.54) is 11.6 Å². The van der Waals surface area contributed by atoms with Gasteiger partial charge in [0.1, 0.15) is 5.82 Å². The fraction of sp³-hybridized carbons (Fsp3) is 0.263. The van der Waals surface area contributed by atoms with E-state index in [1.54, 1.807) is 47.7 Å². The summed E-state index contributed by atoms with van der Waals surface area (Å²) in [5, 5.41) is 10.8. The van der Waals surface area contributed by atoms with E-state index in [0.29, 0.717) is 24.1 Å². The minimum atomic E-state index is -0.281. The first-order chi connectivity index (χ1) is 12.7. The van der Waals surface area contributed by atoms with Crippen LogP contribution >= 0.6 is 11.3 Å². The molecule has 0 aliphatic carbocycles. The number of imidazole rings is 1. The van der Waals surface area contributed by atoms with E-state index < -0.39 is 0 Å². The topological polar surface area (TPSA) is 54.2 Å². The average molecular weight is 371 g/mol. The van der Waals surface area contributed by atoms with E-state index >= 15 is 0 Å². The minimum Gasteiger partial charge on any atom is -0.356 e. The average Bonchev–Trinajstić information content (AvgIpc) is 3.35. The zero-order valence-corrected chi connectivity index (χ0v) is 15.6. The molecule has 0 radical (unpaired) electrons. The van der Waals surface area contributed by atoms with Gasteiger partial charge in [0.25, 0.3) is 0 Å². The third kappa shape index (κ3) is 4.49. The van der Waals surface area contributed by atoms with Crippen molar-refractivity contribution in [2.45, 2.75) is 19.4 Å². The van der Waals surface area contributed by atoms with Crippen LogP contribution < -0.4 is 10.6 Å². The van der Waals surface area contributed by atoms with E-state index in [2.05, 4.69) is 44.4 Å². The summed E-state index contributed by atoms with van der Waals surface area (Å²) >= 11 is 1.70. The maximum atomic E-state index is 14.3. The summed E-state index contributed by atoms with van der Waals surface area (Å²) in [5.41, 5.74) is 2.65. The lowest BCUT2D eigenvalue weighted by Crippen LogP contribution is -2.38. The molecular weight excluding hydrogens is 349 g/mol. The van der Waals surface area contributed by atoms with Crippen molar-refractivity contribution in [2.75, 3.05) is 13.6 Å². The second-order valence-corrected chi connectivity index (χ2v) is 6.80. The van der Waals surface area contributed by atoms with Crippen LogP contribution in [0.15, 0.2) is 58.7 Å². The molecule has 5 nitrogen and oxygen atoms in total. The molecule has 0 amide bonds. The molecule has 2 heterocycles. The molecule has 1 aromatic carbocycles. The lowest BCUT2D eigenvalue weighted by Gasteiger charge is -2.16. The molecule has 7 heteroatoms. The Morgan fingerprint density at radius 3 is 2.88 bits per heavy atom. The van der Waals surface area contributed by atoms with Crippen LogP contribution in [0.5, 0.6) is 0 Å². The number of benzene rings is 1. The normalized spacial score (nSPS) is 12.8. The molecule has 136 valence electrons. The van der Waals surface area contributed by atoms with Gasteiger partial charge in [-0.05, 0) is 46.0 Å². The molecule has 0 aliphatic heterocycles. The Morgan fingerprint density at radius 2 is 2.23 bits per heavy atom. The number of halogens is 1. The van der Waals surface area contributed by atoms with Crippen molar-refractivity contribution in [1.82, 2.24) is 20.2 Å². The number of hydrogen-bond donors (Lipinski definition) is 2. The summed E-state index contributed by atoms with van der Waals surface area (Å²) in [6.45, 7) is 3.45. The Hall–Kier alpha value is -2.67. The summed E-state index contributed by atoms with van der Waals surface area (Å²) < 4.78 is 16.0. The molecule has 0 aliphatic rings. The van der Waals surface area contributed by atoms with Gasteiger partial charge in [-0.15, -0.1) is 0 Å². The number of aromatic nitrogens is 2. The first kappa shape index (κ1) is 18.1. The molecule has 3 rings (SSSR count). The lowest BCUT2D eigenvalue weighted by atomic mass is 10.1. The first-order valence-corrected chi connectivity index (χ1v) is 9.35. The van der Waals surface area contributed by atoms with Crippen LogP contribution in [0, 0.1) is 5.82 Å². The van der Waals surface area contributed by atoms with Crippen LogP contribution in [0.4, 0.5) is 4.39 Å². The molecule has 1 atom stereocenters. The highest BCUT2D eigenvalue weighted by Gasteiger charge is 2.08. The van der Waals surface area contributed by atoms with Gasteiger partial charge in [-0.1, -0.05) is 13.0 Å². The lowest BCUT2D eigenvalue weighted by molar-refractivity contribution is 0.614. The smallest absolute Gasteiger partial charge is 0.191 e. The van der Waals surface area contributed by atoms with Crippen molar-refractivity contribution in [3.05, 3.63) is 70.7 Å². The molecule has 26 heavy (non-hydrogen) atoms. The summed E-state index contributed by atoms with van der Waals surface area (Å²) in [7, 11) is 1.73. The maximum Gasteiger partial charge on any atom is 0.191 e. The molecule has 1 unspecified atom stereocenters. The number of hydrogen-bond acceptors (Lipinski definition) is 3. The van der Waals surface area contributed by atoms with E-state index in [9.17, 15) is 4.39 Å². The largest absolute Gasteiger partial charge is 0.356 e. The van der Waals surface area contributed by atoms with Crippen LogP contribution in [-0.2, 0) is 6.54 Å². The van der Waals surface area contributed by atoms with Crippen LogP contribution in [0.25, 0.3) is 5.69 Å². The second kappa shape index (κ2) is 8.62. The number of guanidine groups is 1. The van der Waals surface area contributed by atoms with E-state index in [4.69, 9.17) is 0 Å². The third-order valence-corrected chi connectivity index (χ3v) is 4.87. The second-order valence-electron chi connectivity index (χ2n) is 6.02. The molecule has 0 saturated heterocycles. The Bertz CT molecular complexity index is 843. The monoisotopic (exact) mass is 371 g/mol. The van der Waals surface area contributed by atoms with Gasteiger partial charge in [-0.3, -0.25) is 4.99 Å². The van der Waals surface area contributed by atoms with E-state index in [1.807, 2.05) is 6.07 Å². The van der Waals surface area contributed by atoms with Gasteiger partial charge in [-0.2, -0.15) is 11.3 Å². The molecule has 2 N–H and O–H groups in total. The number of thiophene rings is 1. The van der Waals surface area contributed by atoms with Crippen molar-refractivity contribution < 1.29 is 4.39 Å². The molecule has 3 aromatic rings. The summed E-state index contributed by atoms with van der Waals surface area (Å²) in [6.07, 6.45) is 4.93. The van der Waals surface area contributed by atoms with Gasteiger partial charge in [0, 0.05) is 32.5 Å². The highest BCUT2D eigenvalue weighted by molar-refractivity contribution is 7.07. The third-order valence-electron chi connectivity index (χ3n) is 4.17. The number of nitrogens with one attached hydrogen (secondary N) is 2. The Balaban J connectivity index is 1.54. The molecule has 2 aromatic heterocycles. The van der Waals surface area contributed by atoms with Crippen molar-refractivity contribution in [3.63, 3.8) is 0 Å². The highest BCUT2D eigenvalue weighted by Crippen LogP contribution is 2.17. The van der Waals surface area contributed by atoms with Gasteiger partial charge in [0.15, 0.2) is 5.96 Å². The molecule has 0 saturated carbocycles. The SMILES string of the molecule is CN=C(NCc1ccc(-n2ccnc2)c(F)c1)NCC(C)c1ccsc1. The Morgan fingerprint density at radius 1 is 1.35 bits per heavy atom. The first-order valence-electron chi connectivity index (χ1n) is 8.40. The van der Waals surface area contributed by atoms with Gasteiger partial charge >= 0.3 is 0 Å². The molecule has 0 fully saturated rings. The number of nitrogens with zero attached hydrogens (tertiary/aromatic N) is 3. The fourth-order valence-electron chi connectivity index (χ4n) is 2.60. The zero-order chi connectivity index (χ0) is 18.4. The summed E-state index contributed by atoms with van der Waals surface area (Å²) in [5.74, 6) is 0.814. The quantitative estimate of drug-likeness (QED) is 0.515.